The predicted octanol–water partition coefficient (Wildman–Crippen LogP) is 7.82. The summed E-state index contributed by atoms with van der Waals surface area (Å²) >= 11 is 6.71. The van der Waals surface area contributed by atoms with Crippen LogP contribution in [-0.4, -0.2) is 46.2 Å². The second kappa shape index (κ2) is 17.1. The van der Waals surface area contributed by atoms with E-state index in [2.05, 4.69) is 52.0 Å². The molecule has 8 nitrogen and oxygen atoms in total. The van der Waals surface area contributed by atoms with Gasteiger partial charge in [-0.3, -0.25) is 4.99 Å². The van der Waals surface area contributed by atoms with Crippen molar-refractivity contribution in [2.75, 3.05) is 23.3 Å². The van der Waals surface area contributed by atoms with E-state index in [-0.39, 0.29) is 0 Å². The van der Waals surface area contributed by atoms with Gasteiger partial charge in [-0.25, -0.2) is 15.0 Å². The molecule has 45 heavy (non-hydrogen) atoms. The molecule has 0 radical (unpaired) electrons. The van der Waals surface area contributed by atoms with Gasteiger partial charge >= 0.3 is 0 Å². The Morgan fingerprint density at radius 2 is 1.91 bits per heavy atom. The van der Waals surface area contributed by atoms with Crippen LogP contribution < -0.4 is 25.5 Å². The molecule has 4 rings (SSSR count). The van der Waals surface area contributed by atoms with Gasteiger partial charge < -0.3 is 20.1 Å². The number of benzene rings is 2. The Kier molecular flexibility index (Phi) is 13.6. The Hall–Kier alpha value is -3.75. The first kappa shape index (κ1) is 35.7. The molecule has 0 spiro atoms. The van der Waals surface area contributed by atoms with Crippen molar-refractivity contribution in [1.82, 2.24) is 9.97 Å². The fourth-order valence-corrected chi connectivity index (χ4v) is 4.81. The number of aliphatic imine (C=N–C) groups is 2. The molecule has 1 saturated heterocycles. The van der Waals surface area contributed by atoms with Crippen LogP contribution in [0.4, 0.5) is 17.3 Å². The van der Waals surface area contributed by atoms with E-state index in [0.29, 0.717) is 65.5 Å². The topological polar surface area (TPSA) is 95.2 Å². The zero-order valence-corrected chi connectivity index (χ0v) is 28.8. The van der Waals surface area contributed by atoms with Crippen LogP contribution in [-0.2, 0) is 0 Å². The number of aryl methyl sites for hydroxylation is 1. The van der Waals surface area contributed by atoms with E-state index in [9.17, 15) is 5.11 Å². The largest absolute Gasteiger partial charge is 0.456 e. The molecule has 2 aromatic carbocycles. The number of rotatable bonds is 10. The molecule has 0 saturated carbocycles. The van der Waals surface area contributed by atoms with Crippen LogP contribution in [0.25, 0.3) is 11.9 Å². The zero-order chi connectivity index (χ0) is 33.0. The highest BCUT2D eigenvalue weighted by molar-refractivity contribution is 6.32. The van der Waals surface area contributed by atoms with Gasteiger partial charge in [0.1, 0.15) is 16.8 Å². The fraction of sp³-hybridized carbons (Fsp3) is 0.444. The fourth-order valence-electron chi connectivity index (χ4n) is 4.59. The monoisotopic (exact) mass is 632 g/mol. The van der Waals surface area contributed by atoms with Crippen molar-refractivity contribution in [3.8, 4) is 11.5 Å². The average Bonchev–Trinajstić information content (AvgIpc) is 3.03. The van der Waals surface area contributed by atoms with Crippen molar-refractivity contribution in [3.05, 3.63) is 63.7 Å². The maximum atomic E-state index is 10.4. The Labute approximate surface area is 273 Å². The number of hydrogen-bond donors (Lipinski definition) is 2. The van der Waals surface area contributed by atoms with E-state index in [4.69, 9.17) is 21.3 Å². The lowest BCUT2D eigenvalue weighted by Crippen LogP contribution is -2.44. The zero-order valence-electron chi connectivity index (χ0n) is 28.1. The summed E-state index contributed by atoms with van der Waals surface area (Å²) in [5.74, 6) is 2.82. The van der Waals surface area contributed by atoms with Crippen LogP contribution in [0.5, 0.6) is 11.5 Å². The molecule has 1 fully saturated rings. The minimum absolute atomic E-state index is 0.407. The van der Waals surface area contributed by atoms with E-state index in [1.165, 1.54) is 0 Å². The number of aromatic nitrogens is 2. The van der Waals surface area contributed by atoms with E-state index < -0.39 is 5.60 Å². The third kappa shape index (κ3) is 10.1. The summed E-state index contributed by atoms with van der Waals surface area (Å²) in [7, 11) is 0. The van der Waals surface area contributed by atoms with Crippen LogP contribution >= 0.6 is 11.6 Å². The van der Waals surface area contributed by atoms with E-state index in [1.807, 2.05) is 83.4 Å². The third-order valence-electron chi connectivity index (χ3n) is 7.55. The smallest absolute Gasteiger partial charge is 0.226 e. The number of piperidine rings is 1. The van der Waals surface area contributed by atoms with Gasteiger partial charge in [-0.15, -0.1) is 0 Å². The quantitative estimate of drug-likeness (QED) is 0.221. The van der Waals surface area contributed by atoms with Gasteiger partial charge in [-0.2, -0.15) is 0 Å². The second-order valence-electron chi connectivity index (χ2n) is 11.3. The highest BCUT2D eigenvalue weighted by atomic mass is 35.5. The molecule has 0 amide bonds. The van der Waals surface area contributed by atoms with Crippen LogP contribution in [0.3, 0.4) is 0 Å². The molecule has 1 unspecified atom stereocenters. The molecule has 1 aliphatic heterocycles. The first-order valence-electron chi connectivity index (χ1n) is 16.0. The van der Waals surface area contributed by atoms with Gasteiger partial charge in [0.05, 0.1) is 16.3 Å². The maximum Gasteiger partial charge on any atom is 0.226 e. The Bertz CT molecular complexity index is 1590. The van der Waals surface area contributed by atoms with Gasteiger partial charge in [0.25, 0.3) is 0 Å². The second-order valence-corrected chi connectivity index (χ2v) is 11.7. The van der Waals surface area contributed by atoms with Crippen molar-refractivity contribution < 1.29 is 9.84 Å². The SMILES string of the molecule is CC.C\C=N/C(Nc1ccc(Oc2ccc(C)c(N=CC(C)CC)c2)c(Cl)c1)=c1/nc(N2CCC(C)(O)CC2)nc/c1=C\CC. The molecule has 0 bridgehead atoms. The Morgan fingerprint density at radius 1 is 1.18 bits per heavy atom. The summed E-state index contributed by atoms with van der Waals surface area (Å²) in [5.41, 5.74) is 2.05. The van der Waals surface area contributed by atoms with E-state index in [1.54, 1.807) is 6.21 Å². The first-order valence-corrected chi connectivity index (χ1v) is 16.4. The average molecular weight is 633 g/mol. The molecule has 1 aliphatic rings. The number of nitrogens with zero attached hydrogens (tertiary/aromatic N) is 5. The minimum atomic E-state index is -0.654. The summed E-state index contributed by atoms with van der Waals surface area (Å²) in [6.45, 7) is 17.5. The van der Waals surface area contributed by atoms with E-state index in [0.717, 1.165) is 35.0 Å². The summed E-state index contributed by atoms with van der Waals surface area (Å²) in [6, 6.07) is 11.4. The Morgan fingerprint density at radius 3 is 2.56 bits per heavy atom. The van der Waals surface area contributed by atoms with Crippen molar-refractivity contribution >= 4 is 53.3 Å². The summed E-state index contributed by atoms with van der Waals surface area (Å²) in [5, 5.41) is 15.9. The van der Waals surface area contributed by atoms with Crippen molar-refractivity contribution in [1.29, 1.82) is 0 Å². The normalized spacial score (nSPS) is 16.4. The lowest BCUT2D eigenvalue weighted by Gasteiger charge is -2.35. The van der Waals surface area contributed by atoms with Crippen LogP contribution in [0.15, 0.2) is 52.6 Å². The molecule has 0 aliphatic carbocycles. The van der Waals surface area contributed by atoms with Crippen molar-refractivity contribution in [2.24, 2.45) is 15.9 Å². The number of anilines is 2. The molecule has 3 aromatic rings. The number of hydrogen-bond acceptors (Lipinski definition) is 8. The van der Waals surface area contributed by atoms with E-state index >= 15 is 0 Å². The molecule has 2 N–H and O–H groups in total. The number of ether oxygens (including phenoxy) is 1. The maximum absolute atomic E-state index is 10.4. The number of aliphatic hydroxyl groups is 1. The molecule has 1 atom stereocenters. The minimum Gasteiger partial charge on any atom is -0.456 e. The van der Waals surface area contributed by atoms with Gasteiger partial charge in [-0.1, -0.05) is 58.4 Å². The van der Waals surface area contributed by atoms with Gasteiger partial charge in [0.15, 0.2) is 5.82 Å². The summed E-state index contributed by atoms with van der Waals surface area (Å²) in [4.78, 5) is 21.0. The predicted molar refractivity (Wildman–Crippen MR) is 191 cm³/mol. The molecule has 242 valence electrons. The van der Waals surface area contributed by atoms with Gasteiger partial charge in [0, 0.05) is 48.7 Å². The molecule has 1 aromatic heterocycles. The van der Waals surface area contributed by atoms with Crippen molar-refractivity contribution in [2.45, 2.75) is 86.7 Å². The van der Waals surface area contributed by atoms with Crippen LogP contribution in [0.2, 0.25) is 5.02 Å². The van der Waals surface area contributed by atoms with Gasteiger partial charge in [0.2, 0.25) is 5.95 Å². The van der Waals surface area contributed by atoms with Crippen molar-refractivity contribution in [3.63, 3.8) is 0 Å². The first-order chi connectivity index (χ1) is 21.6. The highest BCUT2D eigenvalue weighted by Gasteiger charge is 2.28. The molecular formula is C36H49ClN6O2. The lowest BCUT2D eigenvalue weighted by atomic mass is 9.94. The lowest BCUT2D eigenvalue weighted by molar-refractivity contribution is 0.0348. The molecular weight excluding hydrogens is 584 g/mol. The summed E-state index contributed by atoms with van der Waals surface area (Å²) in [6.07, 6.45) is 10.8. The molecule has 9 heteroatoms. The van der Waals surface area contributed by atoms with Crippen LogP contribution in [0.1, 0.15) is 79.7 Å². The standard InChI is InChI=1S/C34H43ClN6O2.C2H6/c1-7-10-25-22-38-33(41-17-15-34(6,42)16-18-41)40-31(25)32(36-9-3)39-26-12-14-30(28(35)19-26)43-27-13-11-24(5)29(20-27)37-21-23(4)8-2;1-2/h9-14,19-23,39,42H,7-8,15-18H2,1-6H3;1-2H3/b25-10+,32-31-,36-9-,37-21?;. The Balaban J connectivity index is 0.00000271. The van der Waals surface area contributed by atoms with Crippen LogP contribution in [0, 0.1) is 12.8 Å². The van der Waals surface area contributed by atoms with Gasteiger partial charge in [-0.05, 0) is 82.2 Å². The molecule has 2 heterocycles. The highest BCUT2D eigenvalue weighted by Crippen LogP contribution is 2.34. The number of nitrogens with one attached hydrogen (secondary N) is 1. The number of halogens is 1. The third-order valence-corrected chi connectivity index (χ3v) is 7.84. The summed E-state index contributed by atoms with van der Waals surface area (Å²) < 4.78 is 6.16.